The lowest BCUT2D eigenvalue weighted by molar-refractivity contribution is 0.461. The Morgan fingerprint density at radius 2 is 1.78 bits per heavy atom. The Morgan fingerprint density at radius 3 is 2.11 bits per heavy atom. The molecule has 1 aromatic carbocycles. The molecule has 0 aliphatic carbocycles. The molecule has 0 bridgehead atoms. The van der Waals surface area contributed by atoms with E-state index in [1.54, 1.807) is 13.0 Å². The molecule has 4 nitrogen and oxygen atoms in total. The van der Waals surface area contributed by atoms with Crippen LogP contribution in [0.4, 0.5) is 0 Å². The molecule has 0 aromatic heterocycles. The van der Waals surface area contributed by atoms with E-state index in [9.17, 15) is 18.2 Å². The van der Waals surface area contributed by atoms with Gasteiger partial charge in [-0.2, -0.15) is 5.26 Å². The van der Waals surface area contributed by atoms with Crippen LogP contribution in [0.15, 0.2) is 11.0 Å². The molecule has 0 saturated carbocycles. The molecule has 1 rings (SSSR count). The molecule has 18 heavy (non-hydrogen) atoms. The first-order valence-electron chi connectivity index (χ1n) is 5.51. The van der Waals surface area contributed by atoms with Crippen LogP contribution in [-0.4, -0.2) is 13.0 Å². The van der Waals surface area contributed by atoms with E-state index in [0.29, 0.717) is 5.56 Å². The fourth-order valence-corrected chi connectivity index (χ4v) is 3.02. The maximum absolute atomic E-state index is 11.2. The third kappa shape index (κ3) is 2.55. The normalized spacial score (nSPS) is 12.3. The smallest absolute Gasteiger partial charge is 0.125 e. The number of hydrogen-bond acceptors (Lipinski definition) is 4. The van der Waals surface area contributed by atoms with Crippen LogP contribution in [-0.2, 0) is 15.5 Å². The summed E-state index contributed by atoms with van der Waals surface area (Å²) in [7, 11) is -4.56. The van der Waals surface area contributed by atoms with Crippen LogP contribution in [0.25, 0.3) is 0 Å². The van der Waals surface area contributed by atoms with Crippen LogP contribution in [0.3, 0.4) is 0 Å². The topological polar surface area (TPSA) is 81.0 Å². The summed E-state index contributed by atoms with van der Waals surface area (Å²) < 4.78 is 33.7. The van der Waals surface area contributed by atoms with Gasteiger partial charge in [0.1, 0.15) is 10.1 Å². The van der Waals surface area contributed by atoms with E-state index < -0.39 is 10.1 Å². The molecule has 1 aromatic rings. The van der Waals surface area contributed by atoms with Crippen LogP contribution < -0.4 is 0 Å². The highest BCUT2D eigenvalue weighted by Gasteiger charge is 2.24. The standard InChI is InChI=1S/C13H17NO3S/c1-8-6-11(13(3,4)5)10(7-14)9(2)12(8)18(15,16)17/h6H,1-5H3,(H,15,16,17)/p-1. The molecular formula is C13H16NO3S-. The van der Waals surface area contributed by atoms with Gasteiger partial charge in [0.25, 0.3) is 0 Å². The molecule has 0 spiro atoms. The van der Waals surface area contributed by atoms with Gasteiger partial charge in [0, 0.05) is 0 Å². The molecule has 5 heteroatoms. The highest BCUT2D eigenvalue weighted by atomic mass is 32.2. The number of benzene rings is 1. The van der Waals surface area contributed by atoms with Crippen LogP contribution in [0.2, 0.25) is 0 Å². The second-order valence-corrected chi connectivity index (χ2v) is 6.70. The monoisotopic (exact) mass is 266 g/mol. The molecule has 0 aliphatic heterocycles. The Hall–Kier alpha value is -1.38. The summed E-state index contributed by atoms with van der Waals surface area (Å²) in [4.78, 5) is -0.271. The summed E-state index contributed by atoms with van der Waals surface area (Å²) in [5.74, 6) is 0. The fourth-order valence-electron chi connectivity index (χ4n) is 2.09. The lowest BCUT2D eigenvalue weighted by Gasteiger charge is -2.25. The minimum Gasteiger partial charge on any atom is -0.744 e. The number of nitriles is 1. The van der Waals surface area contributed by atoms with Crippen LogP contribution in [0.1, 0.15) is 43.0 Å². The van der Waals surface area contributed by atoms with Gasteiger partial charge in [-0.3, -0.25) is 0 Å². The SMILES string of the molecule is Cc1cc(C(C)(C)C)c(C#N)c(C)c1S(=O)(=O)[O-]. The van der Waals surface area contributed by atoms with E-state index in [1.165, 1.54) is 6.92 Å². The van der Waals surface area contributed by atoms with Crippen LogP contribution in [0.5, 0.6) is 0 Å². The van der Waals surface area contributed by atoms with Crippen molar-refractivity contribution in [1.82, 2.24) is 0 Å². The summed E-state index contributed by atoms with van der Waals surface area (Å²) in [5.41, 5.74) is 1.39. The van der Waals surface area contributed by atoms with Gasteiger partial charge in [0.2, 0.25) is 0 Å². The summed E-state index contributed by atoms with van der Waals surface area (Å²) in [5, 5.41) is 9.20. The van der Waals surface area contributed by atoms with E-state index in [1.807, 2.05) is 26.8 Å². The molecule has 0 N–H and O–H groups in total. The number of rotatable bonds is 1. The van der Waals surface area contributed by atoms with Gasteiger partial charge in [-0.1, -0.05) is 26.8 Å². The highest BCUT2D eigenvalue weighted by Crippen LogP contribution is 2.32. The van der Waals surface area contributed by atoms with E-state index in [0.717, 1.165) is 5.56 Å². The summed E-state index contributed by atoms with van der Waals surface area (Å²) in [6.07, 6.45) is 0. The quantitative estimate of drug-likeness (QED) is 0.731. The molecule has 0 radical (unpaired) electrons. The predicted octanol–water partition coefficient (Wildman–Crippen LogP) is 2.38. The average Bonchev–Trinajstić information content (AvgIpc) is 2.13. The minimum absolute atomic E-state index is 0.248. The van der Waals surface area contributed by atoms with Gasteiger partial charge < -0.3 is 4.55 Å². The number of nitrogens with zero attached hydrogens (tertiary/aromatic N) is 1. The molecule has 98 valence electrons. The first kappa shape index (κ1) is 14.7. The van der Waals surface area contributed by atoms with Crippen molar-refractivity contribution in [2.45, 2.75) is 44.9 Å². The Morgan fingerprint density at radius 1 is 1.28 bits per heavy atom. The van der Waals surface area contributed by atoms with Gasteiger partial charge in [0.15, 0.2) is 0 Å². The molecule has 0 amide bonds. The zero-order valence-corrected chi connectivity index (χ0v) is 12.0. The average molecular weight is 266 g/mol. The Labute approximate surface area is 108 Å². The van der Waals surface area contributed by atoms with Gasteiger partial charge in [-0.15, -0.1) is 0 Å². The van der Waals surface area contributed by atoms with Crippen molar-refractivity contribution >= 4 is 10.1 Å². The van der Waals surface area contributed by atoms with E-state index in [4.69, 9.17) is 0 Å². The zero-order chi connectivity index (χ0) is 14.3. The third-order valence-electron chi connectivity index (χ3n) is 2.87. The second kappa shape index (κ2) is 4.38. The lowest BCUT2D eigenvalue weighted by atomic mass is 9.81. The lowest BCUT2D eigenvalue weighted by Crippen LogP contribution is -2.17. The second-order valence-electron chi connectivity index (χ2n) is 5.39. The first-order chi connectivity index (χ1) is 8.00. The molecule has 0 fully saturated rings. The first-order valence-corrected chi connectivity index (χ1v) is 6.91. The van der Waals surface area contributed by atoms with Crippen LogP contribution in [0, 0.1) is 25.2 Å². The number of hydrogen-bond donors (Lipinski definition) is 0. The van der Waals surface area contributed by atoms with Gasteiger partial charge in [-0.05, 0) is 36.0 Å². The van der Waals surface area contributed by atoms with Crippen molar-refractivity contribution in [2.75, 3.05) is 0 Å². The summed E-state index contributed by atoms with van der Waals surface area (Å²) in [6, 6.07) is 3.63. The van der Waals surface area contributed by atoms with Crippen molar-refractivity contribution in [3.63, 3.8) is 0 Å². The maximum atomic E-state index is 11.2. The molecule has 0 aliphatic rings. The van der Waals surface area contributed by atoms with Crippen molar-refractivity contribution in [1.29, 1.82) is 5.26 Å². The fraction of sp³-hybridized carbons (Fsp3) is 0.462. The zero-order valence-electron chi connectivity index (χ0n) is 11.2. The van der Waals surface area contributed by atoms with E-state index in [-0.39, 0.29) is 21.4 Å². The van der Waals surface area contributed by atoms with Crippen molar-refractivity contribution in [3.05, 3.63) is 28.3 Å². The van der Waals surface area contributed by atoms with E-state index in [2.05, 4.69) is 0 Å². The molecule has 0 saturated heterocycles. The van der Waals surface area contributed by atoms with Crippen molar-refractivity contribution in [3.8, 4) is 6.07 Å². The summed E-state index contributed by atoms with van der Waals surface area (Å²) >= 11 is 0. The molecule has 0 unspecified atom stereocenters. The number of aryl methyl sites for hydroxylation is 1. The maximum Gasteiger partial charge on any atom is 0.125 e. The summed E-state index contributed by atoms with van der Waals surface area (Å²) in [6.45, 7) is 8.90. The third-order valence-corrected chi connectivity index (χ3v) is 4.00. The molecule has 0 atom stereocenters. The Kier molecular flexibility index (Phi) is 3.57. The van der Waals surface area contributed by atoms with Gasteiger partial charge in [-0.25, -0.2) is 8.42 Å². The van der Waals surface area contributed by atoms with Crippen molar-refractivity contribution < 1.29 is 13.0 Å². The Bertz CT molecular complexity index is 632. The Balaban J connectivity index is 3.85. The van der Waals surface area contributed by atoms with Crippen LogP contribution >= 0.6 is 0 Å². The molecular weight excluding hydrogens is 250 g/mol. The van der Waals surface area contributed by atoms with Gasteiger partial charge in [0.05, 0.1) is 16.5 Å². The highest BCUT2D eigenvalue weighted by molar-refractivity contribution is 7.85. The largest absolute Gasteiger partial charge is 0.744 e. The minimum atomic E-state index is -4.56. The molecule has 0 heterocycles. The van der Waals surface area contributed by atoms with E-state index >= 15 is 0 Å². The predicted molar refractivity (Wildman–Crippen MR) is 67.3 cm³/mol. The van der Waals surface area contributed by atoms with Gasteiger partial charge >= 0.3 is 0 Å². The van der Waals surface area contributed by atoms with Crippen molar-refractivity contribution in [2.24, 2.45) is 0 Å².